The Morgan fingerprint density at radius 1 is 1.00 bits per heavy atom. The zero-order chi connectivity index (χ0) is 28.2. The number of ether oxygens (including phenoxy) is 1. The highest BCUT2D eigenvalue weighted by molar-refractivity contribution is 7.86. The fraction of sp³-hybridized carbons (Fsp3) is 0.630. The van der Waals surface area contributed by atoms with Crippen molar-refractivity contribution in [2.45, 2.75) is 72.3 Å². The maximum atomic E-state index is 13.1. The quantitative estimate of drug-likeness (QED) is 0.444. The largest absolute Gasteiger partial charge is 0.485 e. The second-order valence-electron chi connectivity index (χ2n) is 10.8. The van der Waals surface area contributed by atoms with E-state index in [4.69, 9.17) is 4.74 Å². The number of piperazine rings is 1. The maximum absolute atomic E-state index is 13.1. The number of aliphatic hydroxyl groups is 1. The van der Waals surface area contributed by atoms with Crippen molar-refractivity contribution in [3.8, 4) is 5.75 Å². The van der Waals surface area contributed by atoms with Gasteiger partial charge in [0, 0.05) is 62.3 Å². The number of hydrogen-bond donors (Lipinski definition) is 2. The molecule has 0 aliphatic carbocycles. The minimum Gasteiger partial charge on any atom is -0.485 e. The van der Waals surface area contributed by atoms with Gasteiger partial charge in [-0.05, 0) is 65.8 Å². The minimum atomic E-state index is -1.11. The van der Waals surface area contributed by atoms with Gasteiger partial charge in [0.25, 0.3) is 5.56 Å². The molecular weight excluding hydrogens is 506 g/mol. The third-order valence-electron chi connectivity index (χ3n) is 6.84. The van der Waals surface area contributed by atoms with Gasteiger partial charge in [-0.25, -0.2) is 9.00 Å². The second kappa shape index (κ2) is 12.5. The lowest BCUT2D eigenvalue weighted by atomic mass is 10.0. The van der Waals surface area contributed by atoms with Crippen molar-refractivity contribution in [2.75, 3.05) is 48.1 Å². The predicted molar refractivity (Wildman–Crippen MR) is 154 cm³/mol. The van der Waals surface area contributed by atoms with Crippen LogP contribution in [-0.4, -0.2) is 73.5 Å². The predicted octanol–water partition coefficient (Wildman–Crippen LogP) is 2.61. The Bertz CT molecular complexity index is 1210. The lowest BCUT2D eigenvalue weighted by Gasteiger charge is -2.40. The van der Waals surface area contributed by atoms with Gasteiger partial charge >= 0.3 is 5.69 Å². The van der Waals surface area contributed by atoms with Crippen LogP contribution in [0.1, 0.15) is 60.5 Å². The lowest BCUT2D eigenvalue weighted by Crippen LogP contribution is -2.54. The first-order valence-electron chi connectivity index (χ1n) is 13.3. The van der Waals surface area contributed by atoms with E-state index in [2.05, 4.69) is 14.5 Å². The van der Waals surface area contributed by atoms with Gasteiger partial charge in [0.2, 0.25) is 0 Å². The van der Waals surface area contributed by atoms with Gasteiger partial charge in [-0.15, -0.1) is 0 Å². The minimum absolute atomic E-state index is 0.0838. The van der Waals surface area contributed by atoms with Gasteiger partial charge in [0.15, 0.2) is 0 Å². The summed E-state index contributed by atoms with van der Waals surface area (Å²) in [7, 11) is -1.11. The molecule has 2 atom stereocenters. The molecule has 2 aromatic rings. The highest BCUT2D eigenvalue weighted by atomic mass is 32.2. The molecule has 1 aromatic heterocycles. The lowest BCUT2D eigenvalue weighted by molar-refractivity contribution is -0.0449. The molecule has 2 heterocycles. The van der Waals surface area contributed by atoms with E-state index in [0.717, 1.165) is 5.69 Å². The molecular formula is C27H43N5O5S. The van der Waals surface area contributed by atoms with E-state index in [0.29, 0.717) is 50.0 Å². The first-order chi connectivity index (χ1) is 17.8. The Morgan fingerprint density at radius 2 is 1.58 bits per heavy atom. The van der Waals surface area contributed by atoms with Gasteiger partial charge in [-0.2, -0.15) is 0 Å². The van der Waals surface area contributed by atoms with E-state index in [1.807, 2.05) is 48.5 Å². The van der Waals surface area contributed by atoms with Crippen LogP contribution in [0.2, 0.25) is 0 Å². The molecule has 0 saturated carbocycles. The average molecular weight is 550 g/mol. The summed E-state index contributed by atoms with van der Waals surface area (Å²) in [5.41, 5.74) is -0.649. The monoisotopic (exact) mass is 549 g/mol. The van der Waals surface area contributed by atoms with Gasteiger partial charge in [0.1, 0.15) is 34.3 Å². The summed E-state index contributed by atoms with van der Waals surface area (Å²) in [6.07, 6.45) is -0.747. The van der Waals surface area contributed by atoms with Crippen LogP contribution in [0.3, 0.4) is 0 Å². The molecule has 2 N–H and O–H groups in total. The average Bonchev–Trinajstić information content (AvgIpc) is 2.84. The molecule has 0 amide bonds. The Kier molecular flexibility index (Phi) is 9.83. The van der Waals surface area contributed by atoms with E-state index in [1.165, 1.54) is 4.57 Å². The second-order valence-corrected chi connectivity index (χ2v) is 12.3. The molecule has 1 aromatic carbocycles. The first kappa shape index (κ1) is 29.9. The molecule has 3 rings (SSSR count). The van der Waals surface area contributed by atoms with Gasteiger partial charge < -0.3 is 19.5 Å². The normalized spacial score (nSPS) is 16.6. The Morgan fingerprint density at radius 3 is 2.11 bits per heavy atom. The van der Waals surface area contributed by atoms with E-state index in [-0.39, 0.29) is 23.3 Å². The zero-order valence-electron chi connectivity index (χ0n) is 23.6. The van der Waals surface area contributed by atoms with Crippen LogP contribution in [0.25, 0.3) is 0 Å². The summed E-state index contributed by atoms with van der Waals surface area (Å²) in [5.74, 6) is 1.79. The van der Waals surface area contributed by atoms with Crippen LogP contribution >= 0.6 is 0 Å². The van der Waals surface area contributed by atoms with Crippen molar-refractivity contribution in [2.24, 2.45) is 0 Å². The molecule has 1 aliphatic rings. The molecule has 0 bridgehead atoms. The third kappa shape index (κ3) is 7.06. The molecule has 1 fully saturated rings. The van der Waals surface area contributed by atoms with Crippen molar-refractivity contribution in [1.29, 1.82) is 0 Å². The van der Waals surface area contributed by atoms with Crippen LogP contribution in [-0.2, 0) is 11.0 Å². The molecule has 0 radical (unpaired) electrons. The van der Waals surface area contributed by atoms with Crippen LogP contribution < -0.4 is 25.6 Å². The van der Waals surface area contributed by atoms with E-state index >= 15 is 0 Å². The Balaban J connectivity index is 1.63. The van der Waals surface area contributed by atoms with Crippen LogP contribution in [0.15, 0.2) is 39.9 Å². The number of nitrogens with one attached hydrogen (secondary N) is 1. The van der Waals surface area contributed by atoms with Gasteiger partial charge in [-0.3, -0.25) is 18.8 Å². The summed E-state index contributed by atoms with van der Waals surface area (Å²) >= 11 is 0. The van der Waals surface area contributed by atoms with Gasteiger partial charge in [-0.1, -0.05) is 6.92 Å². The number of aromatic nitrogens is 2. The molecule has 0 spiro atoms. The van der Waals surface area contributed by atoms with Crippen LogP contribution in [0.4, 0.5) is 11.5 Å². The maximum Gasteiger partial charge on any atom is 0.333 e. The molecule has 1 saturated heterocycles. The topological polar surface area (TPSA) is 109 Å². The third-order valence-corrected chi connectivity index (χ3v) is 7.83. The molecule has 11 heteroatoms. The van der Waals surface area contributed by atoms with Gasteiger partial charge in [0.05, 0.1) is 0 Å². The molecule has 10 nitrogen and oxygen atoms in total. The SMILES string of the molecule is CCS(=O)Nc1ccc(OC(C)(C)C(O)CN2CCN(c3cc(=O)n(C(C)C)c(=O)n3C(C)C)CC2)cc1. The number of hydrogen-bond acceptors (Lipinski definition) is 7. The van der Waals surface area contributed by atoms with E-state index in [1.54, 1.807) is 34.9 Å². The van der Waals surface area contributed by atoms with Crippen LogP contribution in [0, 0.1) is 0 Å². The number of rotatable bonds is 11. The summed E-state index contributed by atoms with van der Waals surface area (Å²) in [4.78, 5) is 30.1. The number of nitrogens with zero attached hydrogens (tertiary/aromatic N) is 4. The fourth-order valence-electron chi connectivity index (χ4n) is 4.55. The van der Waals surface area contributed by atoms with E-state index < -0.39 is 22.7 Å². The Labute approximate surface area is 227 Å². The fourth-order valence-corrected chi connectivity index (χ4v) is 5.10. The Hall–Kier alpha value is -2.63. The highest BCUT2D eigenvalue weighted by Gasteiger charge is 2.33. The molecule has 212 valence electrons. The van der Waals surface area contributed by atoms with E-state index in [9.17, 15) is 18.9 Å². The summed E-state index contributed by atoms with van der Waals surface area (Å²) in [5, 5.41) is 11.0. The molecule has 38 heavy (non-hydrogen) atoms. The standard InChI is InChI=1S/C27H43N5O5S/c1-8-38(36)28-21-9-11-22(12-10-21)37-27(6,7)23(33)18-29-13-15-30(16-14-29)24-17-25(34)32(20(4)5)26(35)31(24)19(2)3/h9-12,17,19-20,23,28,33H,8,13-16,18H2,1-7H3. The van der Waals surface area contributed by atoms with Crippen molar-refractivity contribution in [3.05, 3.63) is 51.2 Å². The highest BCUT2D eigenvalue weighted by Crippen LogP contribution is 2.25. The number of aliphatic hydroxyl groups excluding tert-OH is 1. The van der Waals surface area contributed by atoms with Crippen molar-refractivity contribution in [3.63, 3.8) is 0 Å². The van der Waals surface area contributed by atoms with Crippen molar-refractivity contribution < 1.29 is 14.1 Å². The van der Waals surface area contributed by atoms with Crippen LogP contribution in [0.5, 0.6) is 5.75 Å². The molecule has 1 aliphatic heterocycles. The number of benzene rings is 1. The number of anilines is 2. The summed E-state index contributed by atoms with van der Waals surface area (Å²) in [6.45, 7) is 16.2. The summed E-state index contributed by atoms with van der Waals surface area (Å²) in [6, 6.07) is 8.48. The summed E-state index contributed by atoms with van der Waals surface area (Å²) < 4.78 is 23.7. The number of β-amino-alcohol motifs (C(OH)–C–C–N with tert-alkyl or cyclic N) is 1. The zero-order valence-corrected chi connectivity index (χ0v) is 24.5. The smallest absolute Gasteiger partial charge is 0.333 e. The first-order valence-corrected chi connectivity index (χ1v) is 14.6. The van der Waals surface area contributed by atoms with Crippen molar-refractivity contribution >= 4 is 22.5 Å². The molecule has 2 unspecified atom stereocenters. The van der Waals surface area contributed by atoms with Crippen molar-refractivity contribution in [1.82, 2.24) is 14.0 Å².